The minimum atomic E-state index is -1.02. The van der Waals surface area contributed by atoms with Gasteiger partial charge in [-0.25, -0.2) is 10.2 Å². The number of carbonyl (C=O) groups is 2. The first kappa shape index (κ1) is 16.5. The number of hydrogen-bond acceptors (Lipinski definition) is 4. The molecule has 1 aromatic carbocycles. The van der Waals surface area contributed by atoms with Gasteiger partial charge in [0.2, 0.25) is 5.91 Å². The van der Waals surface area contributed by atoms with Crippen molar-refractivity contribution in [2.75, 3.05) is 6.61 Å². The Morgan fingerprint density at radius 2 is 2.12 bits per heavy atom. The van der Waals surface area contributed by atoms with Gasteiger partial charge in [-0.1, -0.05) is 19.8 Å². The average molecular weight is 330 g/mol. The van der Waals surface area contributed by atoms with Crippen LogP contribution in [0.4, 0.5) is 0 Å². The van der Waals surface area contributed by atoms with Crippen LogP contribution in [0.2, 0.25) is 0 Å². The molecule has 2 N–H and O–H groups in total. The molecule has 1 amide bonds. The molecule has 3 rings (SSSR count). The second-order valence-corrected chi connectivity index (χ2v) is 6.82. The van der Waals surface area contributed by atoms with Crippen molar-refractivity contribution in [3.05, 3.63) is 29.8 Å². The van der Waals surface area contributed by atoms with E-state index in [9.17, 15) is 9.59 Å². The topological polar surface area (TPSA) is 88.0 Å². The van der Waals surface area contributed by atoms with Crippen LogP contribution < -0.4 is 10.2 Å². The molecule has 24 heavy (non-hydrogen) atoms. The van der Waals surface area contributed by atoms with Crippen molar-refractivity contribution in [1.82, 2.24) is 5.43 Å². The molecular weight excluding hydrogens is 308 g/mol. The Kier molecular flexibility index (Phi) is 4.55. The number of carboxylic acids is 1. The van der Waals surface area contributed by atoms with Gasteiger partial charge in [0.1, 0.15) is 5.75 Å². The van der Waals surface area contributed by atoms with E-state index in [-0.39, 0.29) is 23.8 Å². The van der Waals surface area contributed by atoms with Gasteiger partial charge in [0.05, 0.1) is 6.21 Å². The number of benzene rings is 1. The van der Waals surface area contributed by atoms with Crippen LogP contribution in [0.3, 0.4) is 0 Å². The number of nitrogens with one attached hydrogen (secondary N) is 1. The Morgan fingerprint density at radius 3 is 2.75 bits per heavy atom. The molecule has 0 saturated heterocycles. The second kappa shape index (κ2) is 6.63. The molecule has 128 valence electrons. The minimum Gasteiger partial charge on any atom is -0.482 e. The summed E-state index contributed by atoms with van der Waals surface area (Å²) in [5.74, 6) is 0.101. The molecule has 6 nitrogen and oxygen atoms in total. The number of fused-ring (bicyclic) bond motifs is 1. The highest BCUT2D eigenvalue weighted by Gasteiger charge is 2.64. The van der Waals surface area contributed by atoms with Crippen molar-refractivity contribution in [2.45, 2.75) is 32.6 Å². The fourth-order valence-electron chi connectivity index (χ4n) is 3.89. The van der Waals surface area contributed by atoms with Gasteiger partial charge in [0.15, 0.2) is 6.61 Å². The predicted octanol–water partition coefficient (Wildman–Crippen LogP) is 2.43. The van der Waals surface area contributed by atoms with Gasteiger partial charge in [0, 0.05) is 5.92 Å². The maximum Gasteiger partial charge on any atom is 0.341 e. The molecule has 0 unspecified atom stereocenters. The molecule has 0 spiro atoms. The van der Waals surface area contributed by atoms with E-state index in [0.717, 1.165) is 18.4 Å². The van der Waals surface area contributed by atoms with E-state index >= 15 is 0 Å². The minimum absolute atomic E-state index is 0.0158. The number of carboxylic acid groups (broad SMARTS) is 1. The zero-order valence-electron chi connectivity index (χ0n) is 13.7. The van der Waals surface area contributed by atoms with E-state index in [2.05, 4.69) is 17.5 Å². The monoisotopic (exact) mass is 330 g/mol. The molecule has 0 bridgehead atoms. The fourth-order valence-corrected chi connectivity index (χ4v) is 3.89. The molecule has 2 fully saturated rings. The first-order valence-corrected chi connectivity index (χ1v) is 8.28. The first-order chi connectivity index (χ1) is 11.5. The van der Waals surface area contributed by atoms with Gasteiger partial charge in [0.25, 0.3) is 0 Å². The summed E-state index contributed by atoms with van der Waals surface area (Å²) in [7, 11) is 0. The molecule has 0 heterocycles. The number of nitrogens with zero attached hydrogens (tertiary/aromatic N) is 1. The number of amides is 1. The summed E-state index contributed by atoms with van der Waals surface area (Å²) in [6.45, 7) is 1.84. The zero-order chi connectivity index (χ0) is 17.2. The standard InChI is InChI=1S/C18H22N2O4/c1-18-9-3-2-4-14(18)16(18)17(23)20-19-10-12-5-7-13(8-6-12)24-11-15(21)22/h5-8,10,14,16H,2-4,9,11H2,1H3,(H,20,23)(H,21,22)/b19-10-/t14-,16-,18-/m1/s1. The highest BCUT2D eigenvalue weighted by molar-refractivity contribution is 5.86. The lowest BCUT2D eigenvalue weighted by Crippen LogP contribution is -2.22. The molecule has 0 aromatic heterocycles. The van der Waals surface area contributed by atoms with E-state index in [4.69, 9.17) is 9.84 Å². The Bertz CT molecular complexity index is 655. The lowest BCUT2D eigenvalue weighted by Gasteiger charge is -2.15. The summed E-state index contributed by atoms with van der Waals surface area (Å²) < 4.78 is 5.06. The van der Waals surface area contributed by atoms with Crippen LogP contribution in [-0.2, 0) is 9.59 Å². The Hall–Kier alpha value is -2.37. The van der Waals surface area contributed by atoms with E-state index in [1.807, 2.05) is 0 Å². The number of rotatable bonds is 6. The highest BCUT2D eigenvalue weighted by Crippen LogP contribution is 2.66. The Balaban J connectivity index is 1.49. The number of hydrogen-bond donors (Lipinski definition) is 2. The zero-order valence-corrected chi connectivity index (χ0v) is 13.7. The third-order valence-corrected chi connectivity index (χ3v) is 5.24. The molecule has 2 aliphatic rings. The van der Waals surface area contributed by atoms with Crippen LogP contribution in [0.25, 0.3) is 0 Å². The van der Waals surface area contributed by atoms with Crippen LogP contribution in [0.15, 0.2) is 29.4 Å². The molecule has 1 aromatic rings. The first-order valence-electron chi connectivity index (χ1n) is 8.28. The van der Waals surface area contributed by atoms with E-state index in [1.165, 1.54) is 12.8 Å². The Labute approximate surface area is 140 Å². The molecule has 0 radical (unpaired) electrons. The van der Waals surface area contributed by atoms with Gasteiger partial charge in [-0.3, -0.25) is 4.79 Å². The number of carbonyl (C=O) groups excluding carboxylic acids is 1. The lowest BCUT2D eigenvalue weighted by molar-refractivity contribution is -0.139. The van der Waals surface area contributed by atoms with Crippen molar-refractivity contribution in [3.63, 3.8) is 0 Å². The average Bonchev–Trinajstić information content (AvgIpc) is 3.19. The predicted molar refractivity (Wildman–Crippen MR) is 88.9 cm³/mol. The summed E-state index contributed by atoms with van der Waals surface area (Å²) in [6.07, 6.45) is 6.31. The van der Waals surface area contributed by atoms with Crippen LogP contribution in [-0.4, -0.2) is 29.8 Å². The highest BCUT2D eigenvalue weighted by atomic mass is 16.5. The molecule has 6 heteroatoms. The molecule has 2 aliphatic carbocycles. The fraction of sp³-hybridized carbons (Fsp3) is 0.500. The molecule has 0 aliphatic heterocycles. The van der Waals surface area contributed by atoms with Gasteiger partial charge >= 0.3 is 5.97 Å². The molecule has 3 atom stereocenters. The SMILES string of the molecule is C[C@@]12CCCC[C@@H]1[C@@H]2C(=O)N/N=C\c1ccc(OCC(=O)O)cc1. The third-order valence-electron chi connectivity index (χ3n) is 5.24. The normalized spacial score (nSPS) is 28.2. The van der Waals surface area contributed by atoms with Gasteiger partial charge in [-0.05, 0) is 54.0 Å². The van der Waals surface area contributed by atoms with Crippen LogP contribution >= 0.6 is 0 Å². The lowest BCUT2D eigenvalue weighted by atomic mass is 9.90. The van der Waals surface area contributed by atoms with E-state index in [1.54, 1.807) is 30.5 Å². The largest absolute Gasteiger partial charge is 0.482 e. The quantitative estimate of drug-likeness (QED) is 0.619. The van der Waals surface area contributed by atoms with Crippen LogP contribution in [0, 0.1) is 17.3 Å². The Morgan fingerprint density at radius 1 is 1.38 bits per heavy atom. The molecule has 2 saturated carbocycles. The number of ether oxygens (including phenoxy) is 1. The van der Waals surface area contributed by atoms with Crippen LogP contribution in [0.1, 0.15) is 38.2 Å². The van der Waals surface area contributed by atoms with Crippen molar-refractivity contribution in [1.29, 1.82) is 0 Å². The summed E-state index contributed by atoms with van der Waals surface area (Å²) in [5.41, 5.74) is 3.64. The smallest absolute Gasteiger partial charge is 0.341 e. The second-order valence-electron chi connectivity index (χ2n) is 6.82. The number of aliphatic carboxylic acids is 1. The van der Waals surface area contributed by atoms with Crippen molar-refractivity contribution >= 4 is 18.1 Å². The summed E-state index contributed by atoms with van der Waals surface area (Å²) in [5, 5.41) is 12.6. The third kappa shape index (κ3) is 3.42. The van der Waals surface area contributed by atoms with E-state index < -0.39 is 5.97 Å². The maximum atomic E-state index is 12.3. The van der Waals surface area contributed by atoms with E-state index in [0.29, 0.717) is 11.7 Å². The van der Waals surface area contributed by atoms with Gasteiger partial charge < -0.3 is 9.84 Å². The van der Waals surface area contributed by atoms with Gasteiger partial charge in [-0.15, -0.1) is 0 Å². The maximum absolute atomic E-state index is 12.3. The van der Waals surface area contributed by atoms with Crippen molar-refractivity contribution < 1.29 is 19.4 Å². The summed E-state index contributed by atoms with van der Waals surface area (Å²) in [6, 6.07) is 6.85. The summed E-state index contributed by atoms with van der Waals surface area (Å²) >= 11 is 0. The van der Waals surface area contributed by atoms with Crippen molar-refractivity contribution in [3.8, 4) is 5.75 Å². The number of hydrazone groups is 1. The summed E-state index contributed by atoms with van der Waals surface area (Å²) in [4.78, 5) is 22.7. The van der Waals surface area contributed by atoms with Gasteiger partial charge in [-0.2, -0.15) is 5.10 Å². The van der Waals surface area contributed by atoms with Crippen LogP contribution in [0.5, 0.6) is 5.75 Å². The van der Waals surface area contributed by atoms with Crippen molar-refractivity contribution in [2.24, 2.45) is 22.4 Å². The molecular formula is C18H22N2O4.